The van der Waals surface area contributed by atoms with Crippen LogP contribution in [0.2, 0.25) is 0 Å². The van der Waals surface area contributed by atoms with Crippen molar-refractivity contribution in [2.75, 3.05) is 0 Å². The number of hydrogen-bond acceptors (Lipinski definition) is 4. The molecule has 100 valence electrons. The zero-order valence-electron chi connectivity index (χ0n) is 10.4. The van der Waals surface area contributed by atoms with Gasteiger partial charge in [-0.15, -0.1) is 0 Å². The van der Waals surface area contributed by atoms with E-state index in [0.29, 0.717) is 12.0 Å². The Labute approximate surface area is 114 Å². The molecule has 1 aliphatic rings. The Morgan fingerprint density at radius 2 is 2.39 bits per heavy atom. The van der Waals surface area contributed by atoms with Crippen LogP contribution in [0.15, 0.2) is 16.6 Å². The predicted octanol–water partition coefficient (Wildman–Crippen LogP) is 2.02. The Hall–Kier alpha value is -1.24. The van der Waals surface area contributed by atoms with Crippen LogP contribution in [0.1, 0.15) is 33.1 Å². The highest BCUT2D eigenvalue weighted by molar-refractivity contribution is 9.10. The molecule has 2 atom stereocenters. The standard InChI is InChI=1S/C11H16BrN3O3/c1-3-4-5-9(16)14-10-11(12,15(17)18)8(2)6-7-13-10/h6-7,10H,3-5H2,1-2H3,(H,14,16). The van der Waals surface area contributed by atoms with E-state index in [9.17, 15) is 14.9 Å². The van der Waals surface area contributed by atoms with Crippen molar-refractivity contribution >= 4 is 28.1 Å². The average molecular weight is 318 g/mol. The highest BCUT2D eigenvalue weighted by Crippen LogP contribution is 2.34. The first-order valence-electron chi connectivity index (χ1n) is 5.76. The molecule has 0 fully saturated rings. The number of carbonyl (C=O) groups excluding carboxylic acids is 1. The molecule has 0 saturated heterocycles. The Morgan fingerprint density at radius 1 is 1.72 bits per heavy atom. The number of amides is 1. The maximum Gasteiger partial charge on any atom is 0.335 e. The number of dihydropyridines is 1. The summed E-state index contributed by atoms with van der Waals surface area (Å²) in [6.45, 7) is 3.61. The molecule has 6 nitrogen and oxygen atoms in total. The van der Waals surface area contributed by atoms with Crippen molar-refractivity contribution in [2.24, 2.45) is 4.99 Å². The van der Waals surface area contributed by atoms with Crippen molar-refractivity contribution in [3.8, 4) is 0 Å². The molecule has 1 amide bonds. The highest BCUT2D eigenvalue weighted by Gasteiger charge is 2.52. The Kier molecular flexibility index (Phi) is 5.01. The van der Waals surface area contributed by atoms with Crippen molar-refractivity contribution in [1.82, 2.24) is 5.32 Å². The van der Waals surface area contributed by atoms with Crippen molar-refractivity contribution in [1.29, 1.82) is 0 Å². The topological polar surface area (TPSA) is 84.6 Å². The molecule has 1 rings (SSSR count). The number of nitro groups is 1. The van der Waals surface area contributed by atoms with Crippen molar-refractivity contribution in [2.45, 2.75) is 43.7 Å². The van der Waals surface area contributed by atoms with E-state index in [1.54, 1.807) is 13.0 Å². The largest absolute Gasteiger partial charge is 0.335 e. The van der Waals surface area contributed by atoms with Gasteiger partial charge in [0.25, 0.3) is 0 Å². The summed E-state index contributed by atoms with van der Waals surface area (Å²) in [5, 5.41) is 13.8. The van der Waals surface area contributed by atoms with Gasteiger partial charge >= 0.3 is 4.45 Å². The molecule has 0 saturated carbocycles. The predicted molar refractivity (Wildman–Crippen MR) is 72.4 cm³/mol. The number of alkyl halides is 1. The minimum Gasteiger partial charge on any atom is -0.327 e. The first kappa shape index (κ1) is 14.8. The molecular weight excluding hydrogens is 302 g/mol. The highest BCUT2D eigenvalue weighted by atomic mass is 79.9. The van der Waals surface area contributed by atoms with Gasteiger partial charge in [-0.05, 0) is 19.4 Å². The Morgan fingerprint density at radius 3 is 2.94 bits per heavy atom. The van der Waals surface area contributed by atoms with E-state index in [0.717, 1.165) is 12.8 Å². The van der Waals surface area contributed by atoms with Crippen molar-refractivity contribution in [3.63, 3.8) is 0 Å². The molecule has 0 bridgehead atoms. The number of halogens is 1. The van der Waals surface area contributed by atoms with Gasteiger partial charge in [-0.2, -0.15) is 0 Å². The fourth-order valence-corrected chi connectivity index (χ4v) is 1.98. The summed E-state index contributed by atoms with van der Waals surface area (Å²) >= 11 is 3.09. The van der Waals surface area contributed by atoms with Gasteiger partial charge in [0.2, 0.25) is 12.1 Å². The maximum atomic E-state index is 11.6. The van der Waals surface area contributed by atoms with Gasteiger partial charge in [0.15, 0.2) is 0 Å². The second-order valence-corrected chi connectivity index (χ2v) is 5.36. The summed E-state index contributed by atoms with van der Waals surface area (Å²) in [5.74, 6) is -0.223. The number of aliphatic imine (C=N–C) groups is 1. The number of hydrogen-bond donors (Lipinski definition) is 1. The summed E-state index contributed by atoms with van der Waals surface area (Å²) < 4.78 is -1.55. The number of unbranched alkanes of at least 4 members (excludes halogenated alkanes) is 1. The van der Waals surface area contributed by atoms with Crippen LogP contribution in [0.25, 0.3) is 0 Å². The minimum absolute atomic E-state index is 0.223. The summed E-state index contributed by atoms with van der Waals surface area (Å²) in [4.78, 5) is 26.3. The third-order valence-electron chi connectivity index (χ3n) is 2.80. The minimum atomic E-state index is -1.55. The third-order valence-corrected chi connectivity index (χ3v) is 4.14. The molecule has 0 aromatic rings. The fraction of sp³-hybridized carbons (Fsp3) is 0.636. The Balaban J connectivity index is 2.81. The molecule has 1 N–H and O–H groups in total. The molecule has 1 heterocycles. The average Bonchev–Trinajstić information content (AvgIpc) is 2.32. The van der Waals surface area contributed by atoms with Crippen molar-refractivity contribution in [3.05, 3.63) is 21.8 Å². The van der Waals surface area contributed by atoms with Crippen LogP contribution in [-0.2, 0) is 4.79 Å². The van der Waals surface area contributed by atoms with E-state index >= 15 is 0 Å². The van der Waals surface area contributed by atoms with E-state index in [2.05, 4.69) is 26.2 Å². The summed E-state index contributed by atoms with van der Waals surface area (Å²) in [5.41, 5.74) is 0.503. The monoisotopic (exact) mass is 317 g/mol. The molecule has 0 radical (unpaired) electrons. The third kappa shape index (κ3) is 2.95. The molecule has 2 unspecified atom stereocenters. The molecule has 1 aliphatic heterocycles. The second-order valence-electron chi connectivity index (χ2n) is 4.15. The summed E-state index contributed by atoms with van der Waals surface area (Å²) in [6.07, 6.45) is 4.13. The number of allylic oxidation sites excluding steroid dienone is 1. The molecule has 0 aromatic heterocycles. The molecule has 0 spiro atoms. The SMILES string of the molecule is CCCCC(=O)NC1N=CC=C(C)C1(Br)[N+](=O)[O-]. The van der Waals surface area contributed by atoms with Gasteiger partial charge in [-0.25, -0.2) is 0 Å². The lowest BCUT2D eigenvalue weighted by Crippen LogP contribution is -2.54. The maximum absolute atomic E-state index is 11.6. The lowest BCUT2D eigenvalue weighted by atomic mass is 10.0. The van der Waals surface area contributed by atoms with Crippen LogP contribution in [0.3, 0.4) is 0 Å². The van der Waals surface area contributed by atoms with Crippen LogP contribution in [0.5, 0.6) is 0 Å². The number of rotatable bonds is 5. The number of carbonyl (C=O) groups is 1. The van der Waals surface area contributed by atoms with Gasteiger partial charge < -0.3 is 5.32 Å². The smallest absolute Gasteiger partial charge is 0.327 e. The molecular formula is C11H16BrN3O3. The van der Waals surface area contributed by atoms with E-state index in [4.69, 9.17) is 0 Å². The van der Waals surface area contributed by atoms with Gasteiger partial charge in [-0.3, -0.25) is 19.9 Å². The van der Waals surface area contributed by atoms with Gasteiger partial charge in [-0.1, -0.05) is 13.3 Å². The van der Waals surface area contributed by atoms with Crippen LogP contribution in [-0.4, -0.2) is 27.7 Å². The lowest BCUT2D eigenvalue weighted by Gasteiger charge is -2.28. The van der Waals surface area contributed by atoms with Crippen LogP contribution in [0, 0.1) is 10.1 Å². The van der Waals surface area contributed by atoms with E-state index < -0.39 is 15.5 Å². The van der Waals surface area contributed by atoms with Gasteiger partial charge in [0.1, 0.15) is 0 Å². The van der Waals surface area contributed by atoms with E-state index in [-0.39, 0.29) is 5.91 Å². The number of nitrogens with zero attached hydrogens (tertiary/aromatic N) is 2. The van der Waals surface area contributed by atoms with Gasteiger partial charge in [0.05, 0.1) is 0 Å². The zero-order valence-corrected chi connectivity index (χ0v) is 11.9. The van der Waals surface area contributed by atoms with Crippen LogP contribution < -0.4 is 5.32 Å². The molecule has 0 aliphatic carbocycles. The van der Waals surface area contributed by atoms with Crippen LogP contribution >= 0.6 is 15.9 Å². The number of nitrogens with one attached hydrogen (secondary N) is 1. The van der Waals surface area contributed by atoms with Crippen LogP contribution in [0.4, 0.5) is 0 Å². The van der Waals surface area contributed by atoms with E-state index in [1.807, 2.05) is 6.92 Å². The zero-order chi connectivity index (χ0) is 13.8. The first-order chi connectivity index (χ1) is 8.42. The quantitative estimate of drug-likeness (QED) is 0.364. The molecule has 0 aromatic carbocycles. The van der Waals surface area contributed by atoms with Crippen molar-refractivity contribution < 1.29 is 9.72 Å². The summed E-state index contributed by atoms with van der Waals surface area (Å²) in [7, 11) is 0. The Bertz CT molecular complexity index is 408. The molecule has 18 heavy (non-hydrogen) atoms. The summed E-state index contributed by atoms with van der Waals surface area (Å²) in [6, 6.07) is 0. The van der Waals surface area contributed by atoms with E-state index in [1.165, 1.54) is 6.21 Å². The fourth-order valence-electron chi connectivity index (χ4n) is 1.61. The second kappa shape index (κ2) is 6.08. The van der Waals surface area contributed by atoms with Gasteiger partial charge in [0, 0.05) is 39.1 Å². The first-order valence-corrected chi connectivity index (χ1v) is 6.55. The molecule has 7 heteroatoms. The lowest BCUT2D eigenvalue weighted by molar-refractivity contribution is -0.528. The normalized spacial score (nSPS) is 26.6.